The number of rotatable bonds is 4. The second-order valence-electron chi connectivity index (χ2n) is 4.91. The van der Waals surface area contributed by atoms with Gasteiger partial charge in [-0.25, -0.2) is 0 Å². The van der Waals surface area contributed by atoms with Gasteiger partial charge in [-0.05, 0) is 30.5 Å². The fraction of sp³-hybridized carbons (Fsp3) is 0.500. The first-order chi connectivity index (χ1) is 9.91. The van der Waals surface area contributed by atoms with E-state index < -0.39 is 11.7 Å². The van der Waals surface area contributed by atoms with E-state index in [-0.39, 0.29) is 24.8 Å². The smallest absolute Gasteiger partial charge is 0.419 e. The summed E-state index contributed by atoms with van der Waals surface area (Å²) in [6.07, 6.45) is -2.70. The number of nitrogens with zero attached hydrogens (tertiary/aromatic N) is 1. The molecule has 0 aliphatic carbocycles. The summed E-state index contributed by atoms with van der Waals surface area (Å²) in [7, 11) is 0. The number of ether oxygens (including phenoxy) is 1. The molecule has 1 aliphatic rings. The van der Waals surface area contributed by atoms with Gasteiger partial charge in [0.1, 0.15) is 5.75 Å². The molecule has 0 radical (unpaired) electrons. The van der Waals surface area contributed by atoms with Crippen LogP contribution in [0.3, 0.4) is 0 Å². The summed E-state index contributed by atoms with van der Waals surface area (Å²) in [6, 6.07) is 3.63. The molecule has 1 heterocycles. The van der Waals surface area contributed by atoms with Crippen molar-refractivity contribution < 1.29 is 22.7 Å². The normalized spacial score (nSPS) is 15.3. The van der Waals surface area contributed by atoms with Crippen molar-refractivity contribution in [2.75, 3.05) is 19.7 Å². The van der Waals surface area contributed by atoms with Gasteiger partial charge in [-0.3, -0.25) is 4.79 Å². The summed E-state index contributed by atoms with van der Waals surface area (Å²) in [4.78, 5) is 13.4. The molecule has 1 aromatic rings. The summed E-state index contributed by atoms with van der Waals surface area (Å²) < 4.78 is 44.0. The maximum absolute atomic E-state index is 13.0. The minimum Gasteiger partial charge on any atom is -0.483 e. The van der Waals surface area contributed by atoms with Crippen LogP contribution in [0, 0.1) is 0 Å². The fourth-order valence-electron chi connectivity index (χ4n) is 2.25. The molecule has 1 saturated heterocycles. The predicted octanol–water partition coefficient (Wildman–Crippen LogP) is 2.17. The Balaban J connectivity index is 2.10. The molecule has 0 unspecified atom stereocenters. The van der Waals surface area contributed by atoms with Crippen molar-refractivity contribution in [3.05, 3.63) is 29.3 Å². The van der Waals surface area contributed by atoms with Crippen LogP contribution in [0.2, 0.25) is 0 Å². The van der Waals surface area contributed by atoms with Gasteiger partial charge in [-0.1, -0.05) is 6.07 Å². The van der Waals surface area contributed by atoms with Crippen molar-refractivity contribution in [3.8, 4) is 5.75 Å². The van der Waals surface area contributed by atoms with Gasteiger partial charge in [0.25, 0.3) is 5.91 Å². The van der Waals surface area contributed by atoms with Gasteiger partial charge in [-0.15, -0.1) is 0 Å². The number of alkyl halides is 3. The lowest BCUT2D eigenvalue weighted by molar-refractivity contribution is -0.140. The van der Waals surface area contributed by atoms with E-state index in [2.05, 4.69) is 0 Å². The topological polar surface area (TPSA) is 55.6 Å². The van der Waals surface area contributed by atoms with Gasteiger partial charge in [0, 0.05) is 19.6 Å². The number of likely N-dealkylation sites (tertiary alicyclic amines) is 1. The molecule has 21 heavy (non-hydrogen) atoms. The van der Waals surface area contributed by atoms with E-state index in [0.29, 0.717) is 18.7 Å². The van der Waals surface area contributed by atoms with Gasteiger partial charge in [0.2, 0.25) is 0 Å². The number of hydrogen-bond acceptors (Lipinski definition) is 3. The quantitative estimate of drug-likeness (QED) is 0.927. The highest BCUT2D eigenvalue weighted by atomic mass is 19.4. The zero-order valence-corrected chi connectivity index (χ0v) is 11.4. The molecular weight excluding hydrogens is 285 g/mol. The van der Waals surface area contributed by atoms with E-state index >= 15 is 0 Å². The Morgan fingerprint density at radius 1 is 1.29 bits per heavy atom. The van der Waals surface area contributed by atoms with Gasteiger partial charge >= 0.3 is 6.18 Å². The van der Waals surface area contributed by atoms with E-state index in [1.165, 1.54) is 12.1 Å². The van der Waals surface area contributed by atoms with Crippen LogP contribution in [0.25, 0.3) is 0 Å². The highest BCUT2D eigenvalue weighted by Gasteiger charge is 2.35. The molecule has 116 valence electrons. The van der Waals surface area contributed by atoms with E-state index in [9.17, 15) is 18.0 Å². The van der Waals surface area contributed by atoms with Crippen molar-refractivity contribution in [1.29, 1.82) is 0 Å². The number of carbonyl (C=O) groups excluding carboxylic acids is 1. The summed E-state index contributed by atoms with van der Waals surface area (Å²) in [5.41, 5.74) is 4.81. The third-order valence-corrected chi connectivity index (χ3v) is 3.39. The zero-order valence-electron chi connectivity index (χ0n) is 11.4. The average molecular weight is 302 g/mol. The summed E-state index contributed by atoms with van der Waals surface area (Å²) in [5, 5.41) is 0. The molecule has 0 saturated carbocycles. The van der Waals surface area contributed by atoms with Crippen LogP contribution in [0.4, 0.5) is 13.2 Å². The first-order valence-electron chi connectivity index (χ1n) is 6.72. The summed E-state index contributed by atoms with van der Waals surface area (Å²) in [5.74, 6) is -0.629. The lowest BCUT2D eigenvalue weighted by Crippen LogP contribution is -2.32. The van der Waals surface area contributed by atoms with Crippen LogP contribution in [0.5, 0.6) is 5.75 Å². The molecule has 0 spiro atoms. The average Bonchev–Trinajstić information content (AvgIpc) is 2.97. The molecule has 1 amide bonds. The van der Waals surface area contributed by atoms with Crippen LogP contribution >= 0.6 is 0 Å². The summed E-state index contributed by atoms with van der Waals surface area (Å²) >= 11 is 0. The molecule has 0 aromatic heterocycles. The van der Waals surface area contributed by atoms with Crippen molar-refractivity contribution in [2.45, 2.75) is 25.6 Å². The second kappa shape index (κ2) is 6.34. The van der Waals surface area contributed by atoms with Crippen LogP contribution in [-0.4, -0.2) is 30.5 Å². The Labute approximate surface area is 120 Å². The zero-order chi connectivity index (χ0) is 15.5. The van der Waals surface area contributed by atoms with Crippen LogP contribution < -0.4 is 10.5 Å². The second-order valence-corrected chi connectivity index (χ2v) is 4.91. The molecule has 1 aromatic carbocycles. The highest BCUT2D eigenvalue weighted by molar-refractivity contribution is 5.78. The predicted molar refractivity (Wildman–Crippen MR) is 70.6 cm³/mol. The van der Waals surface area contributed by atoms with Crippen LogP contribution in [0.1, 0.15) is 24.0 Å². The molecule has 0 bridgehead atoms. The molecule has 1 fully saturated rings. The van der Waals surface area contributed by atoms with E-state index in [1.807, 2.05) is 0 Å². The lowest BCUT2D eigenvalue weighted by Gasteiger charge is -2.18. The third-order valence-electron chi connectivity index (χ3n) is 3.39. The number of benzene rings is 1. The standard InChI is InChI=1S/C14H17F3N2O2/c15-14(16,17)11-7-10(8-18)3-4-12(11)21-9-13(20)19-5-1-2-6-19/h3-4,7H,1-2,5-6,8-9,18H2. The number of carbonyl (C=O) groups is 1. The van der Waals surface area contributed by atoms with Crippen molar-refractivity contribution >= 4 is 5.91 Å². The van der Waals surface area contributed by atoms with Gasteiger partial charge < -0.3 is 15.4 Å². The Morgan fingerprint density at radius 2 is 1.95 bits per heavy atom. The maximum atomic E-state index is 13.0. The molecule has 7 heteroatoms. The van der Waals surface area contributed by atoms with Crippen LogP contribution in [-0.2, 0) is 17.5 Å². The van der Waals surface area contributed by atoms with Gasteiger partial charge in [0.05, 0.1) is 5.56 Å². The Kier molecular flexibility index (Phi) is 4.72. The third kappa shape index (κ3) is 3.87. The van der Waals surface area contributed by atoms with E-state index in [1.54, 1.807) is 4.90 Å². The summed E-state index contributed by atoms with van der Waals surface area (Å²) in [6.45, 7) is 0.905. The molecular formula is C14H17F3N2O2. The molecule has 2 N–H and O–H groups in total. The number of amides is 1. The SMILES string of the molecule is NCc1ccc(OCC(=O)N2CCCC2)c(C(F)(F)F)c1. The molecule has 4 nitrogen and oxygen atoms in total. The van der Waals surface area contributed by atoms with Gasteiger partial charge in [-0.2, -0.15) is 13.2 Å². The monoisotopic (exact) mass is 302 g/mol. The number of nitrogens with two attached hydrogens (primary N) is 1. The minimum atomic E-state index is -4.54. The van der Waals surface area contributed by atoms with Crippen LogP contribution in [0.15, 0.2) is 18.2 Å². The Bertz CT molecular complexity index is 511. The highest BCUT2D eigenvalue weighted by Crippen LogP contribution is 2.36. The van der Waals surface area contributed by atoms with Gasteiger partial charge in [0.15, 0.2) is 6.61 Å². The minimum absolute atomic E-state index is 0.00999. The molecule has 0 atom stereocenters. The Morgan fingerprint density at radius 3 is 2.52 bits per heavy atom. The van der Waals surface area contributed by atoms with Crippen molar-refractivity contribution in [1.82, 2.24) is 4.90 Å². The molecule has 1 aliphatic heterocycles. The Hall–Kier alpha value is -1.76. The maximum Gasteiger partial charge on any atom is 0.419 e. The largest absolute Gasteiger partial charge is 0.483 e. The first kappa shape index (κ1) is 15.6. The lowest BCUT2D eigenvalue weighted by atomic mass is 10.1. The molecule has 2 rings (SSSR count). The number of hydrogen-bond donors (Lipinski definition) is 1. The van der Waals surface area contributed by atoms with Crippen molar-refractivity contribution in [2.24, 2.45) is 5.73 Å². The van der Waals surface area contributed by atoms with Crippen molar-refractivity contribution in [3.63, 3.8) is 0 Å². The van der Waals surface area contributed by atoms with E-state index in [4.69, 9.17) is 10.5 Å². The fourth-order valence-corrected chi connectivity index (χ4v) is 2.25. The number of halogens is 3. The van der Waals surface area contributed by atoms with E-state index in [0.717, 1.165) is 18.9 Å². The first-order valence-corrected chi connectivity index (χ1v) is 6.72.